The number of rotatable bonds is 2. The molecule has 5 heteroatoms. The maximum absolute atomic E-state index is 6.19. The number of hydrogen-bond acceptors (Lipinski definition) is 5. The van der Waals surface area contributed by atoms with E-state index < -0.39 is 0 Å². The van der Waals surface area contributed by atoms with Crippen LogP contribution in [0, 0.1) is 0 Å². The smallest absolute Gasteiger partial charge is 0.143 e. The molecule has 3 rings (SSSR count). The molecule has 1 aliphatic heterocycles. The van der Waals surface area contributed by atoms with Crippen LogP contribution < -0.4 is 15.2 Å². The Kier molecular flexibility index (Phi) is 2.93. The molecule has 2 heterocycles. The molecule has 4 nitrogen and oxygen atoms in total. The standard InChI is InChI=1S/C13H14N2O2S/c1-16-8-2-3-9-10(14)5-13(17-12(9)4-8)11-6-18-7-15-11/h2-4,6-7,10,13H,5,14H2,1H3/t10-,13?/m0/s1. The van der Waals surface area contributed by atoms with E-state index in [1.165, 1.54) is 0 Å². The summed E-state index contributed by atoms with van der Waals surface area (Å²) in [6.45, 7) is 0. The molecule has 0 amide bonds. The number of hydrogen-bond donors (Lipinski definition) is 1. The van der Waals surface area contributed by atoms with E-state index in [1.54, 1.807) is 18.4 Å². The maximum Gasteiger partial charge on any atom is 0.143 e. The quantitative estimate of drug-likeness (QED) is 0.904. The van der Waals surface area contributed by atoms with E-state index in [-0.39, 0.29) is 12.1 Å². The van der Waals surface area contributed by atoms with Crippen molar-refractivity contribution in [3.8, 4) is 11.5 Å². The van der Waals surface area contributed by atoms with E-state index in [0.717, 1.165) is 29.2 Å². The van der Waals surface area contributed by atoms with Crippen molar-refractivity contribution in [1.82, 2.24) is 4.98 Å². The molecule has 1 unspecified atom stereocenters. The average Bonchev–Trinajstić information content (AvgIpc) is 2.91. The minimum Gasteiger partial charge on any atom is -0.497 e. The van der Waals surface area contributed by atoms with Crippen LogP contribution in [0.4, 0.5) is 0 Å². The van der Waals surface area contributed by atoms with Gasteiger partial charge < -0.3 is 15.2 Å². The van der Waals surface area contributed by atoms with Gasteiger partial charge in [0.2, 0.25) is 0 Å². The fourth-order valence-electron chi connectivity index (χ4n) is 2.17. The number of aromatic nitrogens is 1. The second-order valence-electron chi connectivity index (χ2n) is 4.27. The van der Waals surface area contributed by atoms with Crippen molar-refractivity contribution in [2.24, 2.45) is 5.73 Å². The Morgan fingerprint density at radius 2 is 2.39 bits per heavy atom. The van der Waals surface area contributed by atoms with Gasteiger partial charge in [0.1, 0.15) is 17.6 Å². The summed E-state index contributed by atoms with van der Waals surface area (Å²) in [5.74, 6) is 1.57. The lowest BCUT2D eigenvalue weighted by molar-refractivity contribution is 0.157. The van der Waals surface area contributed by atoms with Crippen molar-refractivity contribution in [3.05, 3.63) is 40.3 Å². The van der Waals surface area contributed by atoms with Crippen LogP contribution in [0.25, 0.3) is 0 Å². The number of fused-ring (bicyclic) bond motifs is 1. The second kappa shape index (κ2) is 4.59. The second-order valence-corrected chi connectivity index (χ2v) is 4.98. The lowest BCUT2D eigenvalue weighted by Gasteiger charge is -2.29. The Morgan fingerprint density at radius 3 is 3.11 bits per heavy atom. The first-order valence-corrected chi connectivity index (χ1v) is 6.70. The first kappa shape index (κ1) is 11.5. The Labute approximate surface area is 109 Å². The molecule has 0 spiro atoms. The number of nitrogens with zero attached hydrogens (tertiary/aromatic N) is 1. The van der Waals surface area contributed by atoms with E-state index in [0.29, 0.717) is 0 Å². The van der Waals surface area contributed by atoms with Gasteiger partial charge in [0.25, 0.3) is 0 Å². The Hall–Kier alpha value is -1.59. The van der Waals surface area contributed by atoms with E-state index in [1.807, 2.05) is 29.1 Å². The Bertz CT molecular complexity index is 542. The molecule has 0 fully saturated rings. The van der Waals surface area contributed by atoms with Crippen molar-refractivity contribution in [3.63, 3.8) is 0 Å². The van der Waals surface area contributed by atoms with Crippen molar-refractivity contribution >= 4 is 11.3 Å². The first-order valence-electron chi connectivity index (χ1n) is 5.76. The highest BCUT2D eigenvalue weighted by Crippen LogP contribution is 2.40. The molecule has 0 bridgehead atoms. The zero-order valence-corrected chi connectivity index (χ0v) is 10.8. The molecule has 94 valence electrons. The number of nitrogens with two attached hydrogens (primary N) is 1. The minimum atomic E-state index is -0.0640. The summed E-state index contributed by atoms with van der Waals surface area (Å²) < 4.78 is 11.2. The largest absolute Gasteiger partial charge is 0.497 e. The summed E-state index contributed by atoms with van der Waals surface area (Å²) in [4.78, 5) is 4.30. The molecule has 18 heavy (non-hydrogen) atoms. The predicted octanol–water partition coefficient (Wildman–Crippen LogP) is 2.68. The van der Waals surface area contributed by atoms with Gasteiger partial charge in [-0.15, -0.1) is 11.3 Å². The summed E-state index contributed by atoms with van der Waals surface area (Å²) in [5.41, 5.74) is 9.98. The summed E-state index contributed by atoms with van der Waals surface area (Å²) in [5, 5.41) is 2.00. The van der Waals surface area contributed by atoms with Gasteiger partial charge in [0.15, 0.2) is 0 Å². The predicted molar refractivity (Wildman–Crippen MR) is 70.0 cm³/mol. The molecule has 1 aromatic carbocycles. The van der Waals surface area contributed by atoms with Crippen LogP contribution >= 0.6 is 11.3 Å². The highest BCUT2D eigenvalue weighted by Gasteiger charge is 2.28. The van der Waals surface area contributed by atoms with Gasteiger partial charge in [-0.25, -0.2) is 4.98 Å². The van der Waals surface area contributed by atoms with Gasteiger partial charge in [-0.1, -0.05) is 6.07 Å². The zero-order chi connectivity index (χ0) is 12.5. The molecule has 0 saturated heterocycles. The average molecular weight is 262 g/mol. The van der Waals surface area contributed by atoms with Crippen LogP contribution in [0.3, 0.4) is 0 Å². The lowest BCUT2D eigenvalue weighted by atomic mass is 9.96. The number of thiazole rings is 1. The van der Waals surface area contributed by atoms with Crippen LogP contribution in [0.5, 0.6) is 11.5 Å². The van der Waals surface area contributed by atoms with Crippen LogP contribution in [0.1, 0.15) is 29.8 Å². The van der Waals surface area contributed by atoms with Gasteiger partial charge in [-0.3, -0.25) is 0 Å². The van der Waals surface area contributed by atoms with Crippen molar-refractivity contribution in [1.29, 1.82) is 0 Å². The molecule has 2 atom stereocenters. The van der Waals surface area contributed by atoms with Gasteiger partial charge in [0, 0.05) is 29.5 Å². The van der Waals surface area contributed by atoms with E-state index >= 15 is 0 Å². The third-order valence-corrected chi connectivity index (χ3v) is 3.74. The molecule has 0 radical (unpaired) electrons. The molecule has 2 aromatic rings. The summed E-state index contributed by atoms with van der Waals surface area (Å²) in [6.07, 6.45) is 0.689. The topological polar surface area (TPSA) is 57.4 Å². The third kappa shape index (κ3) is 1.95. The summed E-state index contributed by atoms with van der Waals surface area (Å²) in [6, 6.07) is 5.74. The van der Waals surface area contributed by atoms with Gasteiger partial charge in [-0.05, 0) is 6.07 Å². The zero-order valence-electron chi connectivity index (χ0n) is 10.00. The Balaban J connectivity index is 1.95. The maximum atomic E-state index is 6.19. The molecular formula is C13H14N2O2S. The molecule has 0 aliphatic carbocycles. The van der Waals surface area contributed by atoms with Gasteiger partial charge in [0.05, 0.1) is 18.3 Å². The SMILES string of the molecule is COc1ccc2c(c1)OC(c1cscn1)C[C@@H]2N. The number of ether oxygens (including phenoxy) is 2. The van der Waals surface area contributed by atoms with Crippen molar-refractivity contribution in [2.45, 2.75) is 18.6 Å². The van der Waals surface area contributed by atoms with Crippen LogP contribution in [-0.2, 0) is 0 Å². The van der Waals surface area contributed by atoms with Gasteiger partial charge >= 0.3 is 0 Å². The summed E-state index contributed by atoms with van der Waals surface area (Å²) in [7, 11) is 1.64. The van der Waals surface area contributed by atoms with Crippen molar-refractivity contribution < 1.29 is 9.47 Å². The first-order chi connectivity index (χ1) is 8.78. The minimum absolute atomic E-state index is 0.0219. The van der Waals surface area contributed by atoms with E-state index in [2.05, 4.69) is 4.98 Å². The van der Waals surface area contributed by atoms with Crippen LogP contribution in [0.15, 0.2) is 29.1 Å². The third-order valence-electron chi connectivity index (χ3n) is 3.14. The Morgan fingerprint density at radius 1 is 1.50 bits per heavy atom. The van der Waals surface area contributed by atoms with Gasteiger partial charge in [-0.2, -0.15) is 0 Å². The molecule has 1 aliphatic rings. The lowest BCUT2D eigenvalue weighted by Crippen LogP contribution is -2.24. The van der Waals surface area contributed by atoms with E-state index in [9.17, 15) is 0 Å². The molecular weight excluding hydrogens is 248 g/mol. The monoisotopic (exact) mass is 262 g/mol. The normalized spacial score (nSPS) is 22.1. The fraction of sp³-hybridized carbons (Fsp3) is 0.308. The molecule has 2 N–H and O–H groups in total. The molecule has 1 aromatic heterocycles. The van der Waals surface area contributed by atoms with Crippen LogP contribution in [0.2, 0.25) is 0 Å². The highest BCUT2D eigenvalue weighted by atomic mass is 32.1. The summed E-state index contributed by atoms with van der Waals surface area (Å²) >= 11 is 1.57. The molecule has 0 saturated carbocycles. The van der Waals surface area contributed by atoms with Crippen LogP contribution in [-0.4, -0.2) is 12.1 Å². The number of benzene rings is 1. The highest BCUT2D eigenvalue weighted by molar-refractivity contribution is 7.07. The fourth-order valence-corrected chi connectivity index (χ4v) is 2.77. The van der Waals surface area contributed by atoms with Crippen molar-refractivity contribution in [2.75, 3.05) is 7.11 Å². The van der Waals surface area contributed by atoms with E-state index in [4.69, 9.17) is 15.2 Å². The number of methoxy groups -OCH3 is 1.